The highest BCUT2D eigenvalue weighted by Crippen LogP contribution is 2.43. The van der Waals surface area contributed by atoms with Crippen molar-refractivity contribution >= 4 is 6.29 Å². The van der Waals surface area contributed by atoms with E-state index in [2.05, 4.69) is 28.4 Å². The number of nitrogens with one attached hydrogen (secondary N) is 1. The van der Waals surface area contributed by atoms with Crippen LogP contribution in [0.2, 0.25) is 0 Å². The summed E-state index contributed by atoms with van der Waals surface area (Å²) >= 11 is 0. The van der Waals surface area contributed by atoms with Crippen molar-refractivity contribution < 1.29 is 9.18 Å². The average molecular weight is 435 g/mol. The Morgan fingerprint density at radius 1 is 1.03 bits per heavy atom. The molecule has 4 heteroatoms. The molecule has 5 rings (SSSR count). The minimum Gasteiger partial charge on any atom is -0.317 e. The van der Waals surface area contributed by atoms with Gasteiger partial charge in [-0.15, -0.1) is 0 Å². The quantitative estimate of drug-likeness (QED) is 0.646. The van der Waals surface area contributed by atoms with Crippen LogP contribution in [-0.2, 0) is 17.8 Å². The maximum Gasteiger partial charge on any atom is 0.127 e. The second kappa shape index (κ2) is 9.84. The summed E-state index contributed by atoms with van der Waals surface area (Å²) in [6.07, 6.45) is 8.10. The Bertz CT molecular complexity index is 931. The first-order valence-corrected chi connectivity index (χ1v) is 12.5. The number of rotatable bonds is 6. The fourth-order valence-corrected chi connectivity index (χ4v) is 6.29. The Hall–Kier alpha value is -2.04. The summed E-state index contributed by atoms with van der Waals surface area (Å²) in [5.41, 5.74) is 4.96. The van der Waals surface area contributed by atoms with Gasteiger partial charge < -0.3 is 10.1 Å². The number of hydrogen-bond acceptors (Lipinski definition) is 3. The van der Waals surface area contributed by atoms with Crippen LogP contribution < -0.4 is 5.32 Å². The summed E-state index contributed by atoms with van der Waals surface area (Å²) in [6.45, 7) is 4.95. The van der Waals surface area contributed by atoms with Gasteiger partial charge >= 0.3 is 0 Å². The Balaban J connectivity index is 1.18. The van der Waals surface area contributed by atoms with E-state index < -0.39 is 0 Å². The summed E-state index contributed by atoms with van der Waals surface area (Å²) in [7, 11) is 0. The molecule has 0 saturated carbocycles. The number of carbonyl (C=O) groups is 1. The molecule has 2 fully saturated rings. The minimum atomic E-state index is -0.101. The number of fused-ring (bicyclic) bond motifs is 1. The Morgan fingerprint density at radius 3 is 2.56 bits per heavy atom. The summed E-state index contributed by atoms with van der Waals surface area (Å²) in [5, 5.41) is 3.46. The van der Waals surface area contributed by atoms with Crippen LogP contribution >= 0.6 is 0 Å². The van der Waals surface area contributed by atoms with Gasteiger partial charge in [0, 0.05) is 18.0 Å². The molecular formula is C28H35FN2O. The first kappa shape index (κ1) is 21.8. The fraction of sp³-hybridized carbons (Fsp3) is 0.536. The first-order valence-electron chi connectivity index (χ1n) is 12.5. The van der Waals surface area contributed by atoms with E-state index in [1.807, 2.05) is 12.1 Å². The van der Waals surface area contributed by atoms with E-state index in [-0.39, 0.29) is 11.7 Å². The summed E-state index contributed by atoms with van der Waals surface area (Å²) < 4.78 is 14.0. The minimum absolute atomic E-state index is 0.0588. The molecule has 3 nitrogen and oxygen atoms in total. The number of carbonyl (C=O) groups excluding carboxylic acids is 1. The van der Waals surface area contributed by atoms with Crippen molar-refractivity contribution in [1.29, 1.82) is 0 Å². The normalized spacial score (nSPS) is 25.0. The zero-order chi connectivity index (χ0) is 21.9. The van der Waals surface area contributed by atoms with E-state index in [1.54, 1.807) is 12.1 Å². The molecule has 2 aromatic carbocycles. The second-order valence-corrected chi connectivity index (χ2v) is 10.2. The van der Waals surface area contributed by atoms with Gasteiger partial charge in [0.05, 0.1) is 0 Å². The van der Waals surface area contributed by atoms with E-state index in [0.29, 0.717) is 24.3 Å². The Labute approximate surface area is 191 Å². The second-order valence-electron chi connectivity index (χ2n) is 10.2. The smallest absolute Gasteiger partial charge is 0.127 e. The zero-order valence-corrected chi connectivity index (χ0v) is 18.9. The molecule has 2 saturated heterocycles. The van der Waals surface area contributed by atoms with Gasteiger partial charge in [-0.3, -0.25) is 4.90 Å². The van der Waals surface area contributed by atoms with Crippen molar-refractivity contribution in [3.63, 3.8) is 0 Å². The lowest BCUT2D eigenvalue weighted by Crippen LogP contribution is -2.34. The van der Waals surface area contributed by atoms with Crippen molar-refractivity contribution in [2.75, 3.05) is 26.2 Å². The molecule has 3 aliphatic rings. The number of halogens is 1. The molecule has 170 valence electrons. The molecule has 1 aliphatic carbocycles. The molecule has 1 N–H and O–H groups in total. The van der Waals surface area contributed by atoms with Crippen molar-refractivity contribution in [1.82, 2.24) is 10.2 Å². The van der Waals surface area contributed by atoms with Gasteiger partial charge in [-0.25, -0.2) is 4.39 Å². The summed E-state index contributed by atoms with van der Waals surface area (Å²) in [4.78, 5) is 14.4. The highest BCUT2D eigenvalue weighted by Gasteiger charge is 2.35. The van der Waals surface area contributed by atoms with E-state index in [1.165, 1.54) is 35.8 Å². The van der Waals surface area contributed by atoms with Crippen molar-refractivity contribution in [2.24, 2.45) is 11.8 Å². The Kier molecular flexibility index (Phi) is 6.70. The third kappa shape index (κ3) is 4.67. The summed E-state index contributed by atoms with van der Waals surface area (Å²) in [5.74, 6) is 1.72. The van der Waals surface area contributed by atoms with Crippen LogP contribution in [-0.4, -0.2) is 37.4 Å². The molecule has 0 bridgehead atoms. The van der Waals surface area contributed by atoms with E-state index in [9.17, 15) is 9.18 Å². The lowest BCUT2D eigenvalue weighted by atomic mass is 9.82. The lowest BCUT2D eigenvalue weighted by molar-refractivity contribution is -0.110. The topological polar surface area (TPSA) is 32.3 Å². The number of aldehydes is 1. The number of benzene rings is 2. The highest BCUT2D eigenvalue weighted by molar-refractivity contribution is 5.66. The standard InChI is InChI=1S/C28H35FN2O/c29-28-4-2-1-3-23(28)18-31-13-9-20(10-14-31)15-24-17-25-16-22(21-7-11-30-12-8-21)5-6-26(25)27(24)19-32/h1-6,16,19-21,24,27,30H,7-15,17-18H2. The van der Waals surface area contributed by atoms with Crippen molar-refractivity contribution in [3.8, 4) is 0 Å². The number of hydrogen-bond donors (Lipinski definition) is 1. The lowest BCUT2D eigenvalue weighted by Gasteiger charge is -2.33. The van der Waals surface area contributed by atoms with Crippen LogP contribution in [0.25, 0.3) is 0 Å². The van der Waals surface area contributed by atoms with Gasteiger partial charge in [-0.05, 0) is 105 Å². The molecule has 2 aromatic rings. The third-order valence-corrected chi connectivity index (χ3v) is 8.17. The predicted octanol–water partition coefficient (Wildman–Crippen LogP) is 5.05. The number of likely N-dealkylation sites (tertiary alicyclic amines) is 1. The molecule has 0 amide bonds. The molecule has 32 heavy (non-hydrogen) atoms. The van der Waals surface area contributed by atoms with Gasteiger partial charge in [0.2, 0.25) is 0 Å². The fourth-order valence-electron chi connectivity index (χ4n) is 6.29. The molecular weight excluding hydrogens is 399 g/mol. The van der Waals surface area contributed by atoms with E-state index in [4.69, 9.17) is 0 Å². The van der Waals surface area contributed by atoms with Crippen LogP contribution in [0.1, 0.15) is 66.2 Å². The molecule has 2 atom stereocenters. The van der Waals surface area contributed by atoms with Gasteiger partial charge in [0.1, 0.15) is 12.1 Å². The SMILES string of the molecule is O=CC1c2ccc(C3CCNCC3)cc2CC1CC1CCN(Cc2ccccc2F)CC1. The van der Waals surface area contributed by atoms with Gasteiger partial charge in [0.15, 0.2) is 0 Å². The maximum atomic E-state index is 14.0. The van der Waals surface area contributed by atoms with Crippen molar-refractivity contribution in [3.05, 3.63) is 70.5 Å². The van der Waals surface area contributed by atoms with Crippen LogP contribution in [0.3, 0.4) is 0 Å². The van der Waals surface area contributed by atoms with Gasteiger partial charge in [-0.2, -0.15) is 0 Å². The largest absolute Gasteiger partial charge is 0.317 e. The number of piperidine rings is 2. The van der Waals surface area contributed by atoms with Crippen LogP contribution in [0.4, 0.5) is 4.39 Å². The van der Waals surface area contributed by atoms with E-state index in [0.717, 1.165) is 57.4 Å². The monoisotopic (exact) mass is 434 g/mol. The van der Waals surface area contributed by atoms with E-state index >= 15 is 0 Å². The molecule has 0 radical (unpaired) electrons. The van der Waals surface area contributed by atoms with Gasteiger partial charge in [-0.1, -0.05) is 36.4 Å². The average Bonchev–Trinajstić information content (AvgIpc) is 3.18. The molecule has 2 unspecified atom stereocenters. The first-order chi connectivity index (χ1) is 15.7. The Morgan fingerprint density at radius 2 is 1.81 bits per heavy atom. The van der Waals surface area contributed by atoms with Crippen LogP contribution in [0, 0.1) is 17.7 Å². The van der Waals surface area contributed by atoms with Crippen LogP contribution in [0.15, 0.2) is 42.5 Å². The predicted molar refractivity (Wildman–Crippen MR) is 126 cm³/mol. The summed E-state index contributed by atoms with van der Waals surface area (Å²) in [6, 6.07) is 14.1. The molecule has 2 heterocycles. The van der Waals surface area contributed by atoms with Crippen molar-refractivity contribution in [2.45, 2.75) is 56.9 Å². The molecule has 2 aliphatic heterocycles. The molecule has 0 spiro atoms. The van der Waals surface area contributed by atoms with Gasteiger partial charge in [0.25, 0.3) is 0 Å². The number of nitrogens with zero attached hydrogens (tertiary/aromatic N) is 1. The highest BCUT2D eigenvalue weighted by atomic mass is 19.1. The third-order valence-electron chi connectivity index (χ3n) is 8.17. The maximum absolute atomic E-state index is 14.0. The molecule has 0 aromatic heterocycles. The zero-order valence-electron chi connectivity index (χ0n) is 18.9. The van der Waals surface area contributed by atoms with Crippen LogP contribution in [0.5, 0.6) is 0 Å².